The molecule has 2 aromatic carbocycles. The van der Waals surface area contributed by atoms with Crippen LogP contribution in [0.1, 0.15) is 29.6 Å². The predicted octanol–water partition coefficient (Wildman–Crippen LogP) is 4.07. The van der Waals surface area contributed by atoms with Crippen LogP contribution >= 0.6 is 0 Å². The molecule has 0 fully saturated rings. The zero-order valence-corrected chi connectivity index (χ0v) is 20.4. The maximum absolute atomic E-state index is 11.2. The molecule has 0 aliphatic carbocycles. The highest BCUT2D eigenvalue weighted by molar-refractivity contribution is 5.60. The molecule has 35 heavy (non-hydrogen) atoms. The molecular weight excluding hydrogens is 438 g/mol. The van der Waals surface area contributed by atoms with E-state index < -0.39 is 5.72 Å². The van der Waals surface area contributed by atoms with Gasteiger partial charge in [-0.25, -0.2) is 9.97 Å². The van der Waals surface area contributed by atoms with Gasteiger partial charge in [0.1, 0.15) is 17.4 Å². The first-order valence-electron chi connectivity index (χ1n) is 11.9. The average Bonchev–Trinajstić information content (AvgIpc) is 3.26. The summed E-state index contributed by atoms with van der Waals surface area (Å²) in [5, 5.41) is 17.8. The van der Waals surface area contributed by atoms with Gasteiger partial charge in [-0.3, -0.25) is 0 Å². The number of aromatic nitrogens is 4. The Morgan fingerprint density at radius 1 is 1.06 bits per heavy atom. The molecule has 0 bridgehead atoms. The van der Waals surface area contributed by atoms with Gasteiger partial charge in [-0.05, 0) is 50.7 Å². The van der Waals surface area contributed by atoms with Gasteiger partial charge in [-0.1, -0.05) is 30.3 Å². The first-order chi connectivity index (χ1) is 16.9. The number of aryl methyl sites for hydroxylation is 1. The molecule has 2 aromatic heterocycles. The lowest BCUT2D eigenvalue weighted by atomic mass is 10.0. The summed E-state index contributed by atoms with van der Waals surface area (Å²) in [5.74, 6) is 2.11. The van der Waals surface area contributed by atoms with Gasteiger partial charge in [0.2, 0.25) is 5.95 Å². The van der Waals surface area contributed by atoms with E-state index in [4.69, 9.17) is 9.97 Å². The molecule has 0 saturated heterocycles. The van der Waals surface area contributed by atoms with Crippen molar-refractivity contribution in [2.24, 2.45) is 0 Å². The Bertz CT molecular complexity index is 1300. The topological polar surface area (TPSA) is 91.1 Å². The van der Waals surface area contributed by atoms with Crippen LogP contribution in [0.2, 0.25) is 0 Å². The fraction of sp³-hybridized carbons (Fsp3) is 0.296. The lowest BCUT2D eigenvalue weighted by molar-refractivity contribution is 0.0900. The standard InChI is InChI=1S/C27H31N7O/c1-19-28-14-16-34(19)22-11-9-21(10-12-22)29-26-30-24-13-15-33(3)18-23(24)25(31-26)32-27(2,35)17-20-7-5-4-6-8-20/h4-12,14,16,35H,13,15,17-18H2,1-3H3,(H2,29,30,31,32). The number of hydrogen-bond donors (Lipinski definition) is 3. The van der Waals surface area contributed by atoms with E-state index in [1.807, 2.05) is 72.3 Å². The molecule has 0 saturated carbocycles. The normalized spacial score (nSPS) is 15.3. The van der Waals surface area contributed by atoms with Crippen molar-refractivity contribution in [3.63, 3.8) is 0 Å². The Morgan fingerprint density at radius 3 is 2.54 bits per heavy atom. The number of rotatable bonds is 7. The van der Waals surface area contributed by atoms with Crippen LogP contribution in [0.5, 0.6) is 0 Å². The van der Waals surface area contributed by atoms with Gasteiger partial charge < -0.3 is 25.2 Å². The monoisotopic (exact) mass is 469 g/mol. The number of anilines is 3. The van der Waals surface area contributed by atoms with E-state index in [0.717, 1.165) is 53.5 Å². The van der Waals surface area contributed by atoms with Crippen molar-refractivity contribution < 1.29 is 5.11 Å². The Kier molecular flexibility index (Phi) is 6.23. The predicted molar refractivity (Wildman–Crippen MR) is 138 cm³/mol. The molecule has 0 spiro atoms. The average molecular weight is 470 g/mol. The van der Waals surface area contributed by atoms with Crippen molar-refractivity contribution in [3.8, 4) is 5.69 Å². The number of fused-ring (bicyclic) bond motifs is 1. The lowest BCUT2D eigenvalue weighted by Gasteiger charge is -2.31. The molecule has 8 heteroatoms. The van der Waals surface area contributed by atoms with Gasteiger partial charge in [0.25, 0.3) is 0 Å². The summed E-state index contributed by atoms with van der Waals surface area (Å²) >= 11 is 0. The van der Waals surface area contributed by atoms with Gasteiger partial charge in [-0.2, -0.15) is 4.98 Å². The van der Waals surface area contributed by atoms with Gasteiger partial charge in [0, 0.05) is 55.3 Å². The van der Waals surface area contributed by atoms with E-state index in [0.29, 0.717) is 18.2 Å². The Morgan fingerprint density at radius 2 is 1.83 bits per heavy atom. The van der Waals surface area contributed by atoms with Crippen LogP contribution in [0.15, 0.2) is 67.0 Å². The summed E-state index contributed by atoms with van der Waals surface area (Å²) in [6.45, 7) is 5.43. The Balaban J connectivity index is 1.41. The highest BCUT2D eigenvalue weighted by Gasteiger charge is 2.27. The largest absolute Gasteiger partial charge is 0.371 e. The van der Waals surface area contributed by atoms with E-state index in [9.17, 15) is 5.11 Å². The second-order valence-corrected chi connectivity index (χ2v) is 9.39. The van der Waals surface area contributed by atoms with Crippen LogP contribution in [0, 0.1) is 6.92 Å². The van der Waals surface area contributed by atoms with Crippen LogP contribution < -0.4 is 10.6 Å². The maximum atomic E-state index is 11.2. The summed E-state index contributed by atoms with van der Waals surface area (Å²) in [6, 6.07) is 18.0. The van der Waals surface area contributed by atoms with E-state index in [2.05, 4.69) is 27.6 Å². The molecule has 5 rings (SSSR count). The molecule has 1 aliphatic heterocycles. The third-order valence-electron chi connectivity index (χ3n) is 6.26. The lowest BCUT2D eigenvalue weighted by Crippen LogP contribution is -2.39. The number of benzene rings is 2. The maximum Gasteiger partial charge on any atom is 0.229 e. The van der Waals surface area contributed by atoms with Gasteiger partial charge >= 0.3 is 0 Å². The minimum absolute atomic E-state index is 0.459. The fourth-order valence-corrected chi connectivity index (χ4v) is 4.49. The number of nitrogens with zero attached hydrogens (tertiary/aromatic N) is 5. The summed E-state index contributed by atoms with van der Waals surface area (Å²) in [4.78, 5) is 16.1. The third kappa shape index (κ3) is 5.34. The molecule has 3 heterocycles. The van der Waals surface area contributed by atoms with Crippen molar-refractivity contribution in [1.29, 1.82) is 0 Å². The van der Waals surface area contributed by atoms with Crippen LogP contribution in [0.3, 0.4) is 0 Å². The molecule has 0 amide bonds. The number of imidazole rings is 1. The van der Waals surface area contributed by atoms with Crippen LogP contribution in [0.25, 0.3) is 5.69 Å². The van der Waals surface area contributed by atoms with Gasteiger partial charge in [0.15, 0.2) is 0 Å². The van der Waals surface area contributed by atoms with Crippen LogP contribution in [-0.2, 0) is 19.4 Å². The van der Waals surface area contributed by atoms with E-state index in [1.54, 1.807) is 13.1 Å². The molecule has 8 nitrogen and oxygen atoms in total. The SMILES string of the molecule is Cc1nccn1-c1ccc(Nc2nc3c(c(NC(C)(O)Cc4ccccc4)n2)CN(C)CC3)cc1. The van der Waals surface area contributed by atoms with Crippen LogP contribution in [0.4, 0.5) is 17.5 Å². The van der Waals surface area contributed by atoms with Crippen molar-refractivity contribution in [2.45, 2.75) is 39.0 Å². The Hall–Kier alpha value is -3.75. The van der Waals surface area contributed by atoms with Gasteiger partial charge in [-0.15, -0.1) is 0 Å². The molecule has 1 atom stereocenters. The highest BCUT2D eigenvalue weighted by Crippen LogP contribution is 2.28. The molecule has 1 aliphatic rings. The first kappa shape index (κ1) is 23.0. The zero-order chi connectivity index (χ0) is 24.4. The quantitative estimate of drug-likeness (QED) is 0.352. The first-order valence-corrected chi connectivity index (χ1v) is 11.9. The molecule has 0 radical (unpaired) electrons. The fourth-order valence-electron chi connectivity index (χ4n) is 4.49. The van der Waals surface area contributed by atoms with E-state index in [-0.39, 0.29) is 0 Å². The number of hydrogen-bond acceptors (Lipinski definition) is 7. The Labute approximate surface area is 205 Å². The van der Waals surface area contributed by atoms with Crippen LogP contribution in [-0.4, -0.2) is 48.8 Å². The molecule has 3 N–H and O–H groups in total. The highest BCUT2D eigenvalue weighted by atomic mass is 16.3. The number of likely N-dealkylation sites (N-methyl/N-ethyl adjacent to an activating group) is 1. The van der Waals surface area contributed by atoms with Crippen molar-refractivity contribution in [1.82, 2.24) is 24.4 Å². The second kappa shape index (κ2) is 9.48. The minimum atomic E-state index is -1.17. The zero-order valence-electron chi connectivity index (χ0n) is 20.4. The molecule has 4 aromatic rings. The summed E-state index contributed by atoms with van der Waals surface area (Å²) in [6.07, 6.45) is 5.03. The number of nitrogens with one attached hydrogen (secondary N) is 2. The van der Waals surface area contributed by atoms with Gasteiger partial charge in [0.05, 0.1) is 5.69 Å². The van der Waals surface area contributed by atoms with E-state index in [1.165, 1.54) is 0 Å². The molecular formula is C27H31N7O. The van der Waals surface area contributed by atoms with E-state index >= 15 is 0 Å². The van der Waals surface area contributed by atoms with Crippen molar-refractivity contribution in [2.75, 3.05) is 24.2 Å². The summed E-state index contributed by atoms with van der Waals surface area (Å²) < 4.78 is 2.03. The third-order valence-corrected chi connectivity index (χ3v) is 6.26. The smallest absolute Gasteiger partial charge is 0.229 e. The summed E-state index contributed by atoms with van der Waals surface area (Å²) in [7, 11) is 2.09. The number of aliphatic hydroxyl groups is 1. The van der Waals surface area contributed by atoms with Crippen molar-refractivity contribution in [3.05, 3.63) is 89.6 Å². The molecule has 1 unspecified atom stereocenters. The van der Waals surface area contributed by atoms with Crippen molar-refractivity contribution >= 4 is 17.5 Å². The second-order valence-electron chi connectivity index (χ2n) is 9.39. The summed E-state index contributed by atoms with van der Waals surface area (Å²) in [5.41, 5.74) is 3.85. The minimum Gasteiger partial charge on any atom is -0.371 e. The molecule has 180 valence electrons.